The quantitative estimate of drug-likeness (QED) is 0.557. The molecule has 6 heteroatoms. The molecule has 1 fully saturated rings. The molecule has 0 saturated carbocycles. The molecule has 0 spiro atoms. The number of hydrogen-bond acceptors (Lipinski definition) is 4. The van der Waals surface area contributed by atoms with Crippen molar-refractivity contribution in [3.63, 3.8) is 0 Å². The molecule has 1 aliphatic heterocycles. The maximum atomic E-state index is 12.7. The van der Waals surface area contributed by atoms with Crippen molar-refractivity contribution in [2.45, 2.75) is 25.3 Å². The van der Waals surface area contributed by atoms with Gasteiger partial charge in [-0.2, -0.15) is 0 Å². The Kier molecular flexibility index (Phi) is 4.75. The Morgan fingerprint density at radius 2 is 1.87 bits per heavy atom. The maximum absolute atomic E-state index is 12.7. The van der Waals surface area contributed by atoms with Crippen LogP contribution in [-0.2, 0) is 11.2 Å². The highest BCUT2D eigenvalue weighted by Crippen LogP contribution is 2.30. The third kappa shape index (κ3) is 3.45. The number of benzene rings is 2. The zero-order chi connectivity index (χ0) is 20.5. The van der Waals surface area contributed by atoms with E-state index >= 15 is 0 Å². The number of likely N-dealkylation sites (tertiary alicyclic amines) is 1. The fourth-order valence-corrected chi connectivity index (χ4v) is 4.25. The van der Waals surface area contributed by atoms with Gasteiger partial charge in [0.2, 0.25) is 5.91 Å². The van der Waals surface area contributed by atoms with Crippen LogP contribution in [0.5, 0.6) is 0 Å². The average Bonchev–Trinajstić information content (AvgIpc) is 3.44. The predicted molar refractivity (Wildman–Crippen MR) is 113 cm³/mol. The fraction of sp³-hybridized carbons (Fsp3) is 0.250. The largest absolute Gasteiger partial charge is 0.472 e. The Morgan fingerprint density at radius 1 is 1.03 bits per heavy atom. The van der Waals surface area contributed by atoms with Crippen LogP contribution in [0.4, 0.5) is 0 Å². The Balaban J connectivity index is 1.23. The van der Waals surface area contributed by atoms with Crippen LogP contribution in [0.25, 0.3) is 21.7 Å². The lowest BCUT2D eigenvalue weighted by atomic mass is 10.0. The van der Waals surface area contributed by atoms with Crippen LogP contribution in [-0.4, -0.2) is 35.8 Å². The summed E-state index contributed by atoms with van der Waals surface area (Å²) in [5.74, 6) is -0.0458. The van der Waals surface area contributed by atoms with Crippen LogP contribution in [0.1, 0.15) is 28.8 Å². The molecule has 0 unspecified atom stereocenters. The second kappa shape index (κ2) is 7.71. The van der Waals surface area contributed by atoms with Crippen molar-refractivity contribution in [1.29, 1.82) is 0 Å². The molecule has 2 aromatic carbocycles. The van der Waals surface area contributed by atoms with Crippen molar-refractivity contribution in [1.82, 2.24) is 10.2 Å². The van der Waals surface area contributed by atoms with Crippen molar-refractivity contribution in [2.75, 3.05) is 13.1 Å². The topological polar surface area (TPSA) is 75.7 Å². The Morgan fingerprint density at radius 3 is 2.67 bits per heavy atom. The lowest BCUT2D eigenvalue weighted by Gasteiger charge is -2.32. The normalized spacial score (nSPS) is 15.0. The standard InChI is InChI=1S/C24H22N2O4/c27-22(25-19-7-10-26(11-8-19)24(28)17-9-12-29-14-17)13-18-15-30-21-6-5-16-3-1-2-4-20(16)23(18)21/h1-6,9,12,14-15,19H,7-8,10-11,13H2,(H,25,27). The van der Waals surface area contributed by atoms with Crippen LogP contribution >= 0.6 is 0 Å². The highest BCUT2D eigenvalue weighted by molar-refractivity contribution is 6.08. The number of carbonyl (C=O) groups is 2. The van der Waals surface area contributed by atoms with Crippen LogP contribution in [0.15, 0.2) is 70.1 Å². The maximum Gasteiger partial charge on any atom is 0.257 e. The fourth-order valence-electron chi connectivity index (χ4n) is 4.25. The number of rotatable bonds is 4. The molecule has 2 amide bonds. The minimum Gasteiger partial charge on any atom is -0.472 e. The SMILES string of the molecule is O=C(Cc1coc2ccc3ccccc3c12)NC1CCN(C(=O)c2ccoc2)CC1. The van der Waals surface area contributed by atoms with Crippen molar-refractivity contribution >= 4 is 33.6 Å². The summed E-state index contributed by atoms with van der Waals surface area (Å²) in [5, 5.41) is 6.35. The molecule has 4 aromatic rings. The molecule has 0 atom stereocenters. The van der Waals surface area contributed by atoms with E-state index in [4.69, 9.17) is 8.83 Å². The van der Waals surface area contributed by atoms with E-state index in [0.29, 0.717) is 18.7 Å². The molecule has 1 saturated heterocycles. The number of carbonyl (C=O) groups excluding carboxylic acids is 2. The summed E-state index contributed by atoms with van der Waals surface area (Å²) in [4.78, 5) is 26.9. The lowest BCUT2D eigenvalue weighted by molar-refractivity contribution is -0.121. The average molecular weight is 402 g/mol. The molecule has 6 nitrogen and oxygen atoms in total. The number of nitrogens with one attached hydrogen (secondary N) is 1. The number of hydrogen-bond donors (Lipinski definition) is 1. The van der Waals surface area contributed by atoms with Crippen LogP contribution < -0.4 is 5.32 Å². The Bertz CT molecular complexity index is 1200. The predicted octanol–water partition coefficient (Wildman–Crippen LogP) is 4.14. The van der Waals surface area contributed by atoms with Crippen molar-refractivity contribution in [2.24, 2.45) is 0 Å². The van der Waals surface area contributed by atoms with Crippen molar-refractivity contribution in [3.05, 3.63) is 72.4 Å². The van der Waals surface area contributed by atoms with E-state index in [2.05, 4.69) is 17.4 Å². The molecule has 1 aliphatic rings. The van der Waals surface area contributed by atoms with Crippen LogP contribution in [0.2, 0.25) is 0 Å². The zero-order valence-corrected chi connectivity index (χ0v) is 16.5. The molecule has 0 aliphatic carbocycles. The number of piperidine rings is 1. The third-order valence-corrected chi connectivity index (χ3v) is 5.81. The number of fused-ring (bicyclic) bond motifs is 3. The van der Waals surface area contributed by atoms with Gasteiger partial charge in [0.1, 0.15) is 11.8 Å². The Hall–Kier alpha value is -3.54. The first-order valence-electron chi connectivity index (χ1n) is 10.2. The molecule has 152 valence electrons. The van der Waals surface area contributed by atoms with Crippen LogP contribution in [0, 0.1) is 0 Å². The van der Waals surface area contributed by atoms with Gasteiger partial charge in [-0.15, -0.1) is 0 Å². The molecule has 0 radical (unpaired) electrons. The highest BCUT2D eigenvalue weighted by Gasteiger charge is 2.25. The van der Waals surface area contributed by atoms with E-state index in [9.17, 15) is 9.59 Å². The molecule has 3 heterocycles. The van der Waals surface area contributed by atoms with Gasteiger partial charge in [-0.3, -0.25) is 9.59 Å². The summed E-state index contributed by atoms with van der Waals surface area (Å²) < 4.78 is 10.7. The van der Waals surface area contributed by atoms with Gasteiger partial charge < -0.3 is 19.1 Å². The first-order valence-corrected chi connectivity index (χ1v) is 10.2. The van der Waals surface area contributed by atoms with Gasteiger partial charge in [0.05, 0.1) is 24.5 Å². The molecular formula is C24H22N2O4. The monoisotopic (exact) mass is 402 g/mol. The van der Waals surface area contributed by atoms with Gasteiger partial charge in [-0.1, -0.05) is 30.3 Å². The van der Waals surface area contributed by atoms with E-state index in [0.717, 1.165) is 40.1 Å². The molecule has 5 rings (SSSR count). The van der Waals surface area contributed by atoms with Gasteiger partial charge in [0.25, 0.3) is 5.91 Å². The smallest absolute Gasteiger partial charge is 0.257 e. The third-order valence-electron chi connectivity index (χ3n) is 5.81. The first kappa shape index (κ1) is 18.5. The van der Waals surface area contributed by atoms with Gasteiger partial charge in [-0.05, 0) is 35.7 Å². The molecule has 30 heavy (non-hydrogen) atoms. The highest BCUT2D eigenvalue weighted by atomic mass is 16.3. The summed E-state index contributed by atoms with van der Waals surface area (Å²) in [6.45, 7) is 1.24. The van der Waals surface area contributed by atoms with E-state index in [-0.39, 0.29) is 24.3 Å². The second-order valence-electron chi connectivity index (χ2n) is 7.74. The second-order valence-corrected chi connectivity index (χ2v) is 7.74. The minimum atomic E-state index is -0.0229. The van der Waals surface area contributed by atoms with Gasteiger partial charge in [-0.25, -0.2) is 0 Å². The van der Waals surface area contributed by atoms with Crippen molar-refractivity contribution in [3.8, 4) is 0 Å². The van der Waals surface area contributed by atoms with Gasteiger partial charge in [0.15, 0.2) is 0 Å². The summed E-state index contributed by atoms with van der Waals surface area (Å²) in [5.41, 5.74) is 2.26. The molecule has 1 N–H and O–H groups in total. The summed E-state index contributed by atoms with van der Waals surface area (Å²) in [7, 11) is 0. The number of nitrogens with zero attached hydrogens (tertiary/aromatic N) is 1. The summed E-state index contributed by atoms with van der Waals surface area (Å²) in [6, 6.07) is 13.8. The van der Waals surface area contributed by atoms with E-state index in [1.807, 2.05) is 29.2 Å². The van der Waals surface area contributed by atoms with Crippen molar-refractivity contribution < 1.29 is 18.4 Å². The van der Waals surface area contributed by atoms with Crippen LogP contribution in [0.3, 0.4) is 0 Å². The molecule has 2 aromatic heterocycles. The summed E-state index contributed by atoms with van der Waals surface area (Å²) in [6.07, 6.45) is 6.41. The Labute approximate surface area is 173 Å². The zero-order valence-electron chi connectivity index (χ0n) is 16.5. The minimum absolute atomic E-state index is 0.0229. The van der Waals surface area contributed by atoms with Gasteiger partial charge in [0, 0.05) is 30.1 Å². The van der Waals surface area contributed by atoms with E-state index in [1.54, 1.807) is 12.3 Å². The van der Waals surface area contributed by atoms with E-state index in [1.165, 1.54) is 12.5 Å². The lowest BCUT2D eigenvalue weighted by Crippen LogP contribution is -2.46. The first-order chi connectivity index (χ1) is 14.7. The van der Waals surface area contributed by atoms with Gasteiger partial charge >= 0.3 is 0 Å². The molecular weight excluding hydrogens is 380 g/mol. The molecule has 0 bridgehead atoms. The summed E-state index contributed by atoms with van der Waals surface area (Å²) >= 11 is 0. The number of furan rings is 2. The number of amides is 2. The van der Waals surface area contributed by atoms with E-state index < -0.39 is 0 Å².